The summed E-state index contributed by atoms with van der Waals surface area (Å²) in [6.45, 7) is 0. The second-order valence-electron chi connectivity index (χ2n) is 7.09. The Balaban J connectivity index is 1.76. The molecule has 8 nitrogen and oxygen atoms in total. The highest BCUT2D eigenvalue weighted by Gasteiger charge is 2.37. The summed E-state index contributed by atoms with van der Waals surface area (Å²) in [5.41, 5.74) is -0.255. The van der Waals surface area contributed by atoms with Gasteiger partial charge in [0.15, 0.2) is 0 Å². The summed E-state index contributed by atoms with van der Waals surface area (Å²) in [6.07, 6.45) is 1.13. The number of rotatable bonds is 5. The van der Waals surface area contributed by atoms with E-state index in [1.165, 1.54) is 48.5 Å². The number of carbonyl (C=O) groups is 3. The minimum absolute atomic E-state index is 0.0793. The maximum Gasteiger partial charge on any atom is 0.339 e. The van der Waals surface area contributed by atoms with E-state index in [9.17, 15) is 22.8 Å². The predicted octanol–water partition coefficient (Wildman–Crippen LogP) is 5.19. The molecule has 1 aliphatic rings. The number of hydrogen-bond donors (Lipinski definition) is 1. The minimum Gasteiger partial charge on any atom is -0.378 e. The molecule has 3 aromatic rings. The number of benzene rings is 3. The summed E-state index contributed by atoms with van der Waals surface area (Å²) < 4.78 is 31.3. The average Bonchev–Trinajstić information content (AvgIpc) is 2.81. The van der Waals surface area contributed by atoms with Gasteiger partial charge in [-0.1, -0.05) is 57.3 Å². The molecule has 0 saturated carbocycles. The monoisotopic (exact) mass is 594 g/mol. The molecule has 0 unspecified atom stereocenters. The summed E-state index contributed by atoms with van der Waals surface area (Å²) in [6, 6.07) is 14.9. The largest absolute Gasteiger partial charge is 0.378 e. The van der Waals surface area contributed by atoms with Gasteiger partial charge in [-0.15, -0.1) is 0 Å². The first kappa shape index (κ1) is 24.9. The molecule has 0 atom stereocenters. The second-order valence-corrected chi connectivity index (χ2v) is 10.4. The van der Waals surface area contributed by atoms with Gasteiger partial charge in [0.2, 0.25) is 0 Å². The van der Waals surface area contributed by atoms with Crippen molar-refractivity contribution < 1.29 is 27.0 Å². The number of hydrogen-bond acceptors (Lipinski definition) is 6. The van der Waals surface area contributed by atoms with Gasteiger partial charge in [0.25, 0.3) is 11.8 Å². The molecule has 4 rings (SSSR count). The van der Waals surface area contributed by atoms with Gasteiger partial charge in [0, 0.05) is 10.0 Å². The van der Waals surface area contributed by atoms with Crippen LogP contribution in [0.4, 0.5) is 10.5 Å². The van der Waals surface area contributed by atoms with E-state index < -0.39 is 33.5 Å². The van der Waals surface area contributed by atoms with Crippen molar-refractivity contribution in [1.29, 1.82) is 0 Å². The Bertz CT molecular complexity index is 1510. The quantitative estimate of drug-likeness (QED) is 0.247. The summed E-state index contributed by atoms with van der Waals surface area (Å²) in [5.74, 6) is -2.05. The van der Waals surface area contributed by atoms with Crippen molar-refractivity contribution >= 4 is 78.9 Å². The van der Waals surface area contributed by atoms with Gasteiger partial charge < -0.3 is 4.18 Å². The number of halogens is 3. The molecule has 1 fully saturated rings. The normalized spacial score (nSPS) is 15.3. The van der Waals surface area contributed by atoms with Gasteiger partial charge in [-0.3, -0.25) is 14.9 Å². The third-order valence-corrected chi connectivity index (χ3v) is 7.25. The van der Waals surface area contributed by atoms with Crippen LogP contribution >= 0.6 is 39.1 Å². The maximum atomic E-state index is 13.2. The Morgan fingerprint density at radius 1 is 0.914 bits per heavy atom. The van der Waals surface area contributed by atoms with Gasteiger partial charge in [0.1, 0.15) is 16.2 Å². The lowest BCUT2D eigenvalue weighted by Crippen LogP contribution is -2.54. The summed E-state index contributed by atoms with van der Waals surface area (Å²) in [4.78, 5) is 38.8. The van der Waals surface area contributed by atoms with E-state index in [0.717, 1.165) is 6.08 Å². The molecule has 178 valence electrons. The molecule has 0 radical (unpaired) electrons. The molecule has 1 heterocycles. The van der Waals surface area contributed by atoms with Gasteiger partial charge in [-0.2, -0.15) is 8.42 Å². The first-order valence-corrected chi connectivity index (χ1v) is 12.7. The molecule has 0 spiro atoms. The lowest BCUT2D eigenvalue weighted by molar-refractivity contribution is -0.122. The number of amides is 4. The van der Waals surface area contributed by atoms with E-state index in [2.05, 4.69) is 21.2 Å². The van der Waals surface area contributed by atoms with Crippen molar-refractivity contribution in [2.75, 3.05) is 4.90 Å². The molecule has 0 bridgehead atoms. The molecular formula is C23H13BrCl2N2O6S. The highest BCUT2D eigenvalue weighted by atomic mass is 79.9. The van der Waals surface area contributed by atoms with E-state index in [1.807, 2.05) is 0 Å². The molecule has 0 aromatic heterocycles. The number of nitrogens with one attached hydrogen (secondary N) is 1. The number of anilines is 1. The van der Waals surface area contributed by atoms with Gasteiger partial charge >= 0.3 is 16.1 Å². The summed E-state index contributed by atoms with van der Waals surface area (Å²) >= 11 is 15.2. The van der Waals surface area contributed by atoms with Crippen LogP contribution in [0.3, 0.4) is 0 Å². The first-order chi connectivity index (χ1) is 16.6. The molecule has 4 amide bonds. The first-order valence-electron chi connectivity index (χ1n) is 9.72. The molecule has 1 saturated heterocycles. The fourth-order valence-electron chi connectivity index (χ4n) is 3.13. The zero-order chi connectivity index (χ0) is 25.3. The highest BCUT2D eigenvalue weighted by Crippen LogP contribution is 2.32. The van der Waals surface area contributed by atoms with E-state index in [-0.39, 0.29) is 31.9 Å². The third-order valence-electron chi connectivity index (χ3n) is 4.77. The number of imide groups is 2. The van der Waals surface area contributed by atoms with Crippen LogP contribution in [-0.2, 0) is 19.7 Å². The predicted molar refractivity (Wildman–Crippen MR) is 134 cm³/mol. The molecule has 12 heteroatoms. The Hall–Kier alpha value is -3.18. The zero-order valence-electron chi connectivity index (χ0n) is 17.4. The van der Waals surface area contributed by atoms with E-state index in [0.29, 0.717) is 9.37 Å². The lowest BCUT2D eigenvalue weighted by Gasteiger charge is -2.26. The zero-order valence-corrected chi connectivity index (χ0v) is 21.3. The fourth-order valence-corrected chi connectivity index (χ4v) is 4.78. The summed E-state index contributed by atoms with van der Waals surface area (Å²) in [7, 11) is -4.21. The summed E-state index contributed by atoms with van der Waals surface area (Å²) in [5, 5.41) is 2.39. The fraction of sp³-hybridized carbons (Fsp3) is 0. The topological polar surface area (TPSA) is 110 Å². The smallest absolute Gasteiger partial charge is 0.339 e. The van der Waals surface area contributed by atoms with E-state index in [4.69, 9.17) is 27.4 Å². The van der Waals surface area contributed by atoms with Crippen LogP contribution in [0.1, 0.15) is 5.56 Å². The Morgan fingerprint density at radius 3 is 2.31 bits per heavy atom. The van der Waals surface area contributed by atoms with Crippen molar-refractivity contribution in [2.24, 2.45) is 0 Å². The SMILES string of the molecule is O=C1NC(=O)N(c2ccc(Cl)c(Cl)c2)C(=O)/C1=C/c1cc(Br)ccc1OS(=O)(=O)c1ccccc1. The van der Waals surface area contributed by atoms with Crippen LogP contribution in [0.2, 0.25) is 10.0 Å². The number of barbiturate groups is 1. The number of nitrogens with zero attached hydrogens (tertiary/aromatic N) is 1. The minimum atomic E-state index is -4.21. The lowest BCUT2D eigenvalue weighted by atomic mass is 10.1. The van der Waals surface area contributed by atoms with Crippen LogP contribution in [0.25, 0.3) is 6.08 Å². The Kier molecular flexibility index (Phi) is 7.00. The maximum absolute atomic E-state index is 13.2. The van der Waals surface area contributed by atoms with Crippen LogP contribution in [0.5, 0.6) is 5.75 Å². The van der Waals surface area contributed by atoms with Crippen molar-refractivity contribution in [3.63, 3.8) is 0 Å². The van der Waals surface area contributed by atoms with E-state index >= 15 is 0 Å². The van der Waals surface area contributed by atoms with Crippen molar-refractivity contribution in [3.8, 4) is 5.75 Å². The molecule has 0 aliphatic carbocycles. The Labute approximate surface area is 218 Å². The Morgan fingerprint density at radius 2 is 1.63 bits per heavy atom. The number of carbonyl (C=O) groups excluding carboxylic acids is 3. The molecule has 35 heavy (non-hydrogen) atoms. The molecular weight excluding hydrogens is 583 g/mol. The molecule has 3 aromatic carbocycles. The second kappa shape index (κ2) is 9.82. The van der Waals surface area contributed by atoms with Crippen LogP contribution in [-0.4, -0.2) is 26.3 Å². The molecule has 1 N–H and O–H groups in total. The van der Waals surface area contributed by atoms with Gasteiger partial charge in [-0.05, 0) is 54.6 Å². The van der Waals surface area contributed by atoms with Crippen LogP contribution in [0.15, 0.2) is 81.7 Å². The van der Waals surface area contributed by atoms with Crippen molar-refractivity contribution in [2.45, 2.75) is 4.90 Å². The third kappa shape index (κ3) is 5.25. The number of urea groups is 1. The van der Waals surface area contributed by atoms with Gasteiger partial charge in [-0.25, -0.2) is 9.69 Å². The average molecular weight is 596 g/mol. The van der Waals surface area contributed by atoms with Crippen LogP contribution < -0.4 is 14.4 Å². The van der Waals surface area contributed by atoms with Crippen molar-refractivity contribution in [3.05, 3.63) is 92.4 Å². The highest BCUT2D eigenvalue weighted by molar-refractivity contribution is 9.10. The van der Waals surface area contributed by atoms with Crippen molar-refractivity contribution in [1.82, 2.24) is 5.32 Å². The van der Waals surface area contributed by atoms with Crippen LogP contribution in [0, 0.1) is 0 Å². The molecule has 1 aliphatic heterocycles. The standard InChI is InChI=1S/C23H13BrCl2N2O6S/c24-14-6-9-20(34-35(32,33)16-4-2-1-3-5-16)13(10-14)11-17-21(29)27-23(31)28(22(17)30)15-7-8-18(25)19(26)12-15/h1-12H,(H,27,29,31)/b17-11+. The van der Waals surface area contributed by atoms with Gasteiger partial charge in [0.05, 0.1) is 15.7 Å². The van der Waals surface area contributed by atoms with E-state index in [1.54, 1.807) is 18.2 Å².